The van der Waals surface area contributed by atoms with Gasteiger partial charge in [0.2, 0.25) is 0 Å². The fourth-order valence-electron chi connectivity index (χ4n) is 2.53. The van der Waals surface area contributed by atoms with Crippen molar-refractivity contribution in [2.45, 2.75) is 12.5 Å². The second kappa shape index (κ2) is 4.44. The quantitative estimate of drug-likeness (QED) is 0.734. The second-order valence-corrected chi connectivity index (χ2v) is 4.22. The number of rotatable bonds is 0. The zero-order valence-corrected chi connectivity index (χ0v) is 9.80. The molecule has 1 atom stereocenters. The lowest BCUT2D eigenvalue weighted by Gasteiger charge is -2.40. The van der Waals surface area contributed by atoms with Gasteiger partial charge in [0.05, 0.1) is 0 Å². The number of fused-ring (bicyclic) bond motifs is 2. The van der Waals surface area contributed by atoms with Gasteiger partial charge in [0.25, 0.3) is 5.91 Å². The number of piperazine rings is 1. The molecule has 0 saturated carbocycles. The molecule has 1 aromatic rings. The van der Waals surface area contributed by atoms with Crippen LogP contribution in [0.15, 0.2) is 24.3 Å². The van der Waals surface area contributed by atoms with E-state index >= 15 is 0 Å². The number of halogens is 1. The van der Waals surface area contributed by atoms with Crippen LogP contribution in [0.2, 0.25) is 0 Å². The van der Waals surface area contributed by atoms with Gasteiger partial charge in [-0.25, -0.2) is 0 Å². The van der Waals surface area contributed by atoms with Gasteiger partial charge in [-0.2, -0.15) is 0 Å². The Hall–Kier alpha value is -1.06. The summed E-state index contributed by atoms with van der Waals surface area (Å²) in [6.45, 7) is 2.70. The van der Waals surface area contributed by atoms with Crippen molar-refractivity contribution >= 4 is 18.3 Å². The summed E-state index contributed by atoms with van der Waals surface area (Å²) in [6, 6.07) is 8.33. The average Bonchev–Trinajstić information content (AvgIpc) is 2.30. The molecule has 86 valence electrons. The van der Waals surface area contributed by atoms with E-state index in [1.54, 1.807) is 0 Å². The van der Waals surface area contributed by atoms with Gasteiger partial charge in [0.1, 0.15) is 0 Å². The molecule has 0 aliphatic carbocycles. The number of nitrogens with one attached hydrogen (secondary N) is 1. The van der Waals surface area contributed by atoms with Crippen LogP contribution in [0, 0.1) is 0 Å². The van der Waals surface area contributed by atoms with Gasteiger partial charge in [-0.3, -0.25) is 4.79 Å². The van der Waals surface area contributed by atoms with E-state index in [4.69, 9.17) is 0 Å². The van der Waals surface area contributed by atoms with Crippen molar-refractivity contribution in [1.82, 2.24) is 10.2 Å². The molecular weight excluding hydrogens is 224 g/mol. The standard InChI is InChI=1S/C12H14N2O.ClH/c15-12-11-4-2-1-3-9(11)7-10-8-13-5-6-14(10)12;/h1-4,10,13H,5-8H2;1H. The molecule has 0 aromatic heterocycles. The second-order valence-electron chi connectivity index (χ2n) is 4.22. The van der Waals surface area contributed by atoms with Gasteiger partial charge in [0, 0.05) is 31.2 Å². The summed E-state index contributed by atoms with van der Waals surface area (Å²) in [5.41, 5.74) is 2.10. The highest BCUT2D eigenvalue weighted by Gasteiger charge is 2.33. The lowest BCUT2D eigenvalue weighted by atomic mass is 9.92. The smallest absolute Gasteiger partial charge is 0.254 e. The lowest BCUT2D eigenvalue weighted by Crippen LogP contribution is -2.56. The van der Waals surface area contributed by atoms with E-state index in [9.17, 15) is 4.79 Å². The predicted molar refractivity (Wildman–Crippen MR) is 65.1 cm³/mol. The number of nitrogens with zero attached hydrogens (tertiary/aromatic N) is 1. The van der Waals surface area contributed by atoms with Crippen LogP contribution in [-0.4, -0.2) is 36.5 Å². The van der Waals surface area contributed by atoms with Crippen molar-refractivity contribution in [1.29, 1.82) is 0 Å². The minimum atomic E-state index is 0. The maximum Gasteiger partial charge on any atom is 0.254 e. The summed E-state index contributed by atoms with van der Waals surface area (Å²) in [5.74, 6) is 0.211. The molecule has 3 rings (SSSR count). The Bertz CT molecular complexity index is 408. The highest BCUT2D eigenvalue weighted by atomic mass is 35.5. The number of hydrogen-bond donors (Lipinski definition) is 1. The summed E-state index contributed by atoms with van der Waals surface area (Å²) in [7, 11) is 0. The van der Waals surface area contributed by atoms with Crippen LogP contribution >= 0.6 is 12.4 Å². The largest absolute Gasteiger partial charge is 0.333 e. The first-order valence-corrected chi connectivity index (χ1v) is 5.46. The zero-order chi connectivity index (χ0) is 10.3. The molecule has 1 N–H and O–H groups in total. The van der Waals surface area contributed by atoms with Gasteiger partial charge in [0.15, 0.2) is 0 Å². The fourth-order valence-corrected chi connectivity index (χ4v) is 2.53. The van der Waals surface area contributed by atoms with E-state index in [1.807, 2.05) is 23.1 Å². The number of amides is 1. The van der Waals surface area contributed by atoms with Crippen molar-refractivity contribution in [2.24, 2.45) is 0 Å². The number of benzene rings is 1. The Morgan fingerprint density at radius 3 is 3.00 bits per heavy atom. The molecule has 3 nitrogen and oxygen atoms in total. The van der Waals surface area contributed by atoms with E-state index in [0.717, 1.165) is 31.6 Å². The molecule has 1 saturated heterocycles. The van der Waals surface area contributed by atoms with Gasteiger partial charge < -0.3 is 10.2 Å². The van der Waals surface area contributed by atoms with E-state index < -0.39 is 0 Å². The third-order valence-electron chi connectivity index (χ3n) is 3.31. The maximum atomic E-state index is 12.1. The van der Waals surface area contributed by atoms with Crippen LogP contribution in [0.1, 0.15) is 15.9 Å². The van der Waals surface area contributed by atoms with Crippen LogP contribution in [0.3, 0.4) is 0 Å². The van der Waals surface area contributed by atoms with E-state index in [0.29, 0.717) is 6.04 Å². The molecular formula is C12H15ClN2O. The highest BCUT2D eigenvalue weighted by Crippen LogP contribution is 2.23. The van der Waals surface area contributed by atoms with Crippen molar-refractivity contribution in [3.63, 3.8) is 0 Å². The molecule has 2 aliphatic rings. The van der Waals surface area contributed by atoms with Crippen LogP contribution in [0.4, 0.5) is 0 Å². The fraction of sp³-hybridized carbons (Fsp3) is 0.417. The van der Waals surface area contributed by atoms with Gasteiger partial charge >= 0.3 is 0 Å². The van der Waals surface area contributed by atoms with E-state index in [-0.39, 0.29) is 18.3 Å². The summed E-state index contributed by atoms with van der Waals surface area (Å²) >= 11 is 0. The Labute approximate surface area is 101 Å². The van der Waals surface area contributed by atoms with Crippen LogP contribution < -0.4 is 5.32 Å². The molecule has 1 unspecified atom stereocenters. The van der Waals surface area contributed by atoms with Crippen molar-refractivity contribution < 1.29 is 4.79 Å². The van der Waals surface area contributed by atoms with Gasteiger partial charge in [-0.05, 0) is 18.1 Å². The van der Waals surface area contributed by atoms with Crippen LogP contribution in [-0.2, 0) is 6.42 Å². The SMILES string of the molecule is Cl.O=C1c2ccccc2CC2CNCCN12. The number of hydrogen-bond acceptors (Lipinski definition) is 2. The number of carbonyl (C=O) groups is 1. The molecule has 1 amide bonds. The minimum Gasteiger partial charge on any atom is -0.333 e. The molecule has 2 aliphatic heterocycles. The molecule has 0 spiro atoms. The summed E-state index contributed by atoms with van der Waals surface area (Å²) in [5, 5.41) is 3.34. The van der Waals surface area contributed by atoms with Crippen molar-refractivity contribution in [3.8, 4) is 0 Å². The molecule has 1 fully saturated rings. The highest BCUT2D eigenvalue weighted by molar-refractivity contribution is 5.97. The normalized spacial score (nSPS) is 23.1. The topological polar surface area (TPSA) is 32.3 Å². The van der Waals surface area contributed by atoms with Crippen molar-refractivity contribution in [3.05, 3.63) is 35.4 Å². The molecule has 1 aromatic carbocycles. The minimum absolute atomic E-state index is 0. The summed E-state index contributed by atoms with van der Waals surface area (Å²) < 4.78 is 0. The van der Waals surface area contributed by atoms with Gasteiger partial charge in [-0.15, -0.1) is 12.4 Å². The van der Waals surface area contributed by atoms with Crippen molar-refractivity contribution in [2.75, 3.05) is 19.6 Å². The third-order valence-corrected chi connectivity index (χ3v) is 3.31. The first-order valence-electron chi connectivity index (χ1n) is 5.46. The predicted octanol–water partition coefficient (Wildman–Crippen LogP) is 1.08. The maximum absolute atomic E-state index is 12.1. The third kappa shape index (κ3) is 1.70. The number of carbonyl (C=O) groups excluding carboxylic acids is 1. The molecule has 0 bridgehead atoms. The lowest BCUT2D eigenvalue weighted by molar-refractivity contribution is 0.0606. The van der Waals surface area contributed by atoms with Crippen LogP contribution in [0.5, 0.6) is 0 Å². The van der Waals surface area contributed by atoms with E-state index in [1.165, 1.54) is 5.56 Å². The Balaban J connectivity index is 0.000000963. The Morgan fingerprint density at radius 2 is 2.12 bits per heavy atom. The zero-order valence-electron chi connectivity index (χ0n) is 8.98. The van der Waals surface area contributed by atoms with Gasteiger partial charge in [-0.1, -0.05) is 18.2 Å². The summed E-state index contributed by atoms with van der Waals surface area (Å²) in [4.78, 5) is 14.2. The molecule has 4 heteroatoms. The first-order chi connectivity index (χ1) is 7.36. The molecule has 2 heterocycles. The first kappa shape index (κ1) is 11.4. The summed E-state index contributed by atoms with van der Waals surface area (Å²) in [6.07, 6.45) is 0.995. The Morgan fingerprint density at radius 1 is 1.31 bits per heavy atom. The molecule has 16 heavy (non-hydrogen) atoms. The Kier molecular flexibility index (Phi) is 3.17. The monoisotopic (exact) mass is 238 g/mol. The van der Waals surface area contributed by atoms with Crippen LogP contribution in [0.25, 0.3) is 0 Å². The average molecular weight is 239 g/mol. The molecule has 0 radical (unpaired) electrons. The van der Waals surface area contributed by atoms with E-state index in [2.05, 4.69) is 11.4 Å².